The lowest BCUT2D eigenvalue weighted by Gasteiger charge is -2.10. The fourth-order valence-electron chi connectivity index (χ4n) is 2.71. The molecule has 5 heteroatoms. The number of halogens is 1. The molecule has 0 unspecified atom stereocenters. The van der Waals surface area contributed by atoms with Gasteiger partial charge in [-0.05, 0) is 66.9 Å². The topological polar surface area (TPSA) is 54.0 Å². The summed E-state index contributed by atoms with van der Waals surface area (Å²) in [5, 5.41) is 6.91. The van der Waals surface area contributed by atoms with Crippen molar-refractivity contribution in [1.82, 2.24) is 4.98 Å². The SMILES string of the molecule is Cc1cc(C)cc(NC(=O)c2cc(NCc3ccc(Cl)cc3)ccn2)c1. The van der Waals surface area contributed by atoms with Crippen LogP contribution in [0.1, 0.15) is 27.2 Å². The minimum atomic E-state index is -0.231. The van der Waals surface area contributed by atoms with Crippen LogP contribution in [0.3, 0.4) is 0 Å². The van der Waals surface area contributed by atoms with Crippen molar-refractivity contribution in [2.45, 2.75) is 20.4 Å². The highest BCUT2D eigenvalue weighted by Crippen LogP contribution is 2.16. The molecule has 4 nitrogen and oxygen atoms in total. The van der Waals surface area contributed by atoms with Gasteiger partial charge < -0.3 is 10.6 Å². The number of rotatable bonds is 5. The molecule has 1 amide bonds. The Hall–Kier alpha value is -2.85. The molecule has 0 aliphatic carbocycles. The Morgan fingerprint density at radius 2 is 1.65 bits per heavy atom. The summed E-state index contributed by atoms with van der Waals surface area (Å²) in [4.78, 5) is 16.7. The minimum Gasteiger partial charge on any atom is -0.381 e. The van der Waals surface area contributed by atoms with Crippen LogP contribution in [0.4, 0.5) is 11.4 Å². The van der Waals surface area contributed by atoms with E-state index in [0.29, 0.717) is 17.3 Å². The van der Waals surface area contributed by atoms with Crippen molar-refractivity contribution >= 4 is 28.9 Å². The quantitative estimate of drug-likeness (QED) is 0.652. The zero-order valence-corrected chi connectivity index (χ0v) is 15.5. The molecule has 0 saturated carbocycles. The van der Waals surface area contributed by atoms with E-state index in [1.54, 1.807) is 12.3 Å². The lowest BCUT2D eigenvalue weighted by molar-refractivity contribution is 0.102. The predicted octanol–water partition coefficient (Wildman–Crippen LogP) is 5.22. The second-order valence-corrected chi connectivity index (χ2v) is 6.68. The molecule has 0 fully saturated rings. The molecule has 2 N–H and O–H groups in total. The highest BCUT2D eigenvalue weighted by atomic mass is 35.5. The van der Waals surface area contributed by atoms with Crippen molar-refractivity contribution in [3.63, 3.8) is 0 Å². The molecule has 3 rings (SSSR count). The highest BCUT2D eigenvalue weighted by Gasteiger charge is 2.09. The fraction of sp³-hybridized carbons (Fsp3) is 0.143. The number of aromatic nitrogens is 1. The average Bonchev–Trinajstić information content (AvgIpc) is 2.60. The van der Waals surface area contributed by atoms with Gasteiger partial charge in [0.05, 0.1) is 0 Å². The van der Waals surface area contributed by atoms with Gasteiger partial charge in [0, 0.05) is 29.1 Å². The number of nitrogens with one attached hydrogen (secondary N) is 2. The van der Waals surface area contributed by atoms with E-state index >= 15 is 0 Å². The molecule has 0 bridgehead atoms. The van der Waals surface area contributed by atoms with Gasteiger partial charge in [-0.25, -0.2) is 0 Å². The van der Waals surface area contributed by atoms with E-state index in [-0.39, 0.29) is 5.91 Å². The molecule has 0 saturated heterocycles. The molecule has 1 heterocycles. The smallest absolute Gasteiger partial charge is 0.274 e. The normalized spacial score (nSPS) is 10.4. The van der Waals surface area contributed by atoms with Crippen molar-refractivity contribution in [1.29, 1.82) is 0 Å². The first-order chi connectivity index (χ1) is 12.5. The van der Waals surface area contributed by atoms with E-state index in [9.17, 15) is 4.79 Å². The summed E-state index contributed by atoms with van der Waals surface area (Å²) < 4.78 is 0. The third-order valence-corrected chi connectivity index (χ3v) is 4.13. The number of carbonyl (C=O) groups is 1. The van der Waals surface area contributed by atoms with Gasteiger partial charge in [-0.2, -0.15) is 0 Å². The van der Waals surface area contributed by atoms with Crippen molar-refractivity contribution in [3.05, 3.63) is 88.2 Å². The van der Waals surface area contributed by atoms with Crippen LogP contribution >= 0.6 is 11.6 Å². The van der Waals surface area contributed by atoms with Gasteiger partial charge >= 0.3 is 0 Å². The lowest BCUT2D eigenvalue weighted by Crippen LogP contribution is -2.14. The third kappa shape index (κ3) is 4.83. The van der Waals surface area contributed by atoms with Gasteiger partial charge in [0.25, 0.3) is 5.91 Å². The highest BCUT2D eigenvalue weighted by molar-refractivity contribution is 6.30. The summed E-state index contributed by atoms with van der Waals surface area (Å²) in [7, 11) is 0. The zero-order chi connectivity index (χ0) is 18.5. The number of hydrogen-bond donors (Lipinski definition) is 2. The van der Waals surface area contributed by atoms with Gasteiger partial charge in [0.15, 0.2) is 0 Å². The molecule has 1 aromatic heterocycles. The standard InChI is InChI=1S/C21H20ClN3O/c1-14-9-15(2)11-19(10-14)25-21(26)20-12-18(7-8-23-20)24-13-16-3-5-17(22)6-4-16/h3-12H,13H2,1-2H3,(H,23,24)(H,25,26). The van der Waals surface area contributed by atoms with Gasteiger partial charge in [0.2, 0.25) is 0 Å². The van der Waals surface area contributed by atoms with Crippen LogP contribution in [-0.2, 0) is 6.54 Å². The van der Waals surface area contributed by atoms with Gasteiger partial charge in [0.1, 0.15) is 5.69 Å². The maximum absolute atomic E-state index is 12.5. The van der Waals surface area contributed by atoms with E-state index < -0.39 is 0 Å². The molecule has 0 aliphatic rings. The summed E-state index contributed by atoms with van der Waals surface area (Å²) in [5.74, 6) is -0.231. The van der Waals surface area contributed by atoms with Gasteiger partial charge in [-0.3, -0.25) is 9.78 Å². The van der Waals surface area contributed by atoms with E-state index in [4.69, 9.17) is 11.6 Å². The van der Waals surface area contributed by atoms with E-state index in [0.717, 1.165) is 28.1 Å². The molecule has 0 radical (unpaired) electrons. The first kappa shape index (κ1) is 18.0. The molecular formula is C21H20ClN3O. The van der Waals surface area contributed by atoms with Crippen molar-refractivity contribution in [2.75, 3.05) is 10.6 Å². The molecule has 0 aliphatic heterocycles. The molecule has 0 spiro atoms. The van der Waals surface area contributed by atoms with Crippen LogP contribution in [0.2, 0.25) is 5.02 Å². The van der Waals surface area contributed by atoms with E-state index in [1.807, 2.05) is 56.3 Å². The Labute approximate surface area is 158 Å². The number of carbonyl (C=O) groups excluding carboxylic acids is 1. The summed E-state index contributed by atoms with van der Waals surface area (Å²) in [6.45, 7) is 4.64. The number of amides is 1. The Kier molecular flexibility index (Phi) is 5.54. The molecular weight excluding hydrogens is 346 g/mol. The minimum absolute atomic E-state index is 0.231. The van der Waals surface area contributed by atoms with Gasteiger partial charge in [-0.15, -0.1) is 0 Å². The Morgan fingerprint density at radius 3 is 2.35 bits per heavy atom. The number of hydrogen-bond acceptors (Lipinski definition) is 3. The van der Waals surface area contributed by atoms with Crippen LogP contribution < -0.4 is 10.6 Å². The summed E-state index contributed by atoms with van der Waals surface area (Å²) in [5.41, 5.74) is 5.28. The summed E-state index contributed by atoms with van der Waals surface area (Å²) in [6.07, 6.45) is 1.63. The summed E-state index contributed by atoms with van der Waals surface area (Å²) in [6, 6.07) is 17.2. The predicted molar refractivity (Wildman–Crippen MR) is 107 cm³/mol. The Bertz CT molecular complexity index is 903. The Balaban J connectivity index is 1.67. The number of nitrogens with zero attached hydrogens (tertiary/aromatic N) is 1. The molecule has 3 aromatic rings. The van der Waals surface area contributed by atoms with Crippen LogP contribution in [0, 0.1) is 13.8 Å². The van der Waals surface area contributed by atoms with Crippen molar-refractivity contribution < 1.29 is 4.79 Å². The molecule has 2 aromatic carbocycles. The largest absolute Gasteiger partial charge is 0.381 e. The monoisotopic (exact) mass is 365 g/mol. The van der Waals surface area contributed by atoms with Crippen LogP contribution in [-0.4, -0.2) is 10.9 Å². The van der Waals surface area contributed by atoms with Crippen molar-refractivity contribution in [3.8, 4) is 0 Å². The zero-order valence-electron chi connectivity index (χ0n) is 14.7. The van der Waals surface area contributed by atoms with Crippen LogP contribution in [0.15, 0.2) is 60.8 Å². The van der Waals surface area contributed by atoms with E-state index in [2.05, 4.69) is 21.7 Å². The average molecular weight is 366 g/mol. The maximum atomic E-state index is 12.5. The van der Waals surface area contributed by atoms with Crippen molar-refractivity contribution in [2.24, 2.45) is 0 Å². The summed E-state index contributed by atoms with van der Waals surface area (Å²) >= 11 is 5.90. The molecule has 26 heavy (non-hydrogen) atoms. The number of anilines is 2. The second-order valence-electron chi connectivity index (χ2n) is 6.24. The number of benzene rings is 2. The molecule has 132 valence electrons. The Morgan fingerprint density at radius 1 is 0.962 bits per heavy atom. The number of pyridine rings is 1. The second kappa shape index (κ2) is 8.02. The van der Waals surface area contributed by atoms with Crippen LogP contribution in [0.25, 0.3) is 0 Å². The van der Waals surface area contributed by atoms with E-state index in [1.165, 1.54) is 0 Å². The molecule has 0 atom stereocenters. The fourth-order valence-corrected chi connectivity index (χ4v) is 2.84. The number of aryl methyl sites for hydroxylation is 2. The maximum Gasteiger partial charge on any atom is 0.274 e. The first-order valence-electron chi connectivity index (χ1n) is 8.33. The lowest BCUT2D eigenvalue weighted by atomic mass is 10.1. The first-order valence-corrected chi connectivity index (χ1v) is 8.71. The van der Waals surface area contributed by atoms with Gasteiger partial charge in [-0.1, -0.05) is 29.8 Å². The van der Waals surface area contributed by atoms with Crippen LogP contribution in [0.5, 0.6) is 0 Å². The third-order valence-electron chi connectivity index (χ3n) is 3.88.